The Morgan fingerprint density at radius 2 is 2.21 bits per heavy atom. The van der Waals surface area contributed by atoms with E-state index < -0.39 is 0 Å². The molecule has 1 N–H and O–H groups in total. The second-order valence-electron chi connectivity index (χ2n) is 5.52. The highest BCUT2D eigenvalue weighted by atomic mass is 16.2. The van der Waals surface area contributed by atoms with Crippen molar-refractivity contribution in [3.63, 3.8) is 0 Å². The summed E-state index contributed by atoms with van der Waals surface area (Å²) in [5.74, 6) is 0.746. The van der Waals surface area contributed by atoms with Gasteiger partial charge in [-0.3, -0.25) is 4.79 Å². The zero-order chi connectivity index (χ0) is 13.8. The maximum Gasteiger partial charge on any atom is 0.272 e. The van der Waals surface area contributed by atoms with Crippen LogP contribution < -0.4 is 5.32 Å². The second kappa shape index (κ2) is 6.04. The minimum atomic E-state index is 0.0294. The second-order valence-corrected chi connectivity index (χ2v) is 5.52. The van der Waals surface area contributed by atoms with Crippen LogP contribution in [0.4, 0.5) is 5.69 Å². The quantitative estimate of drug-likeness (QED) is 0.910. The third-order valence-electron chi connectivity index (χ3n) is 4.05. The van der Waals surface area contributed by atoms with Crippen molar-refractivity contribution in [1.29, 1.82) is 0 Å². The van der Waals surface area contributed by atoms with Crippen LogP contribution in [-0.2, 0) is 0 Å². The van der Waals surface area contributed by atoms with Crippen LogP contribution in [0.25, 0.3) is 0 Å². The van der Waals surface area contributed by atoms with E-state index in [2.05, 4.69) is 17.2 Å². The monoisotopic (exact) mass is 261 g/mol. The first-order valence-electron chi connectivity index (χ1n) is 7.02. The highest BCUT2D eigenvalue weighted by Crippen LogP contribution is 2.27. The molecule has 4 nitrogen and oxygen atoms in total. The SMILES string of the molecule is CNc1ccc(C(=O)N(C)C2CCCC(C)C2)nc1. The van der Waals surface area contributed by atoms with Crippen molar-refractivity contribution >= 4 is 11.6 Å². The Morgan fingerprint density at radius 1 is 1.42 bits per heavy atom. The van der Waals surface area contributed by atoms with Crippen molar-refractivity contribution in [3.8, 4) is 0 Å². The minimum Gasteiger partial charge on any atom is -0.387 e. The zero-order valence-corrected chi connectivity index (χ0v) is 12.0. The standard InChI is InChI=1S/C15H23N3O/c1-11-5-4-6-13(9-11)18(3)15(19)14-8-7-12(16-2)10-17-14/h7-8,10-11,13,16H,4-6,9H2,1-3H3. The van der Waals surface area contributed by atoms with Crippen LogP contribution in [0.15, 0.2) is 18.3 Å². The Morgan fingerprint density at radius 3 is 2.79 bits per heavy atom. The molecule has 1 aromatic rings. The summed E-state index contributed by atoms with van der Waals surface area (Å²) < 4.78 is 0. The summed E-state index contributed by atoms with van der Waals surface area (Å²) in [5.41, 5.74) is 1.45. The number of amides is 1. The number of nitrogens with one attached hydrogen (secondary N) is 1. The summed E-state index contributed by atoms with van der Waals surface area (Å²) in [6.45, 7) is 2.27. The fourth-order valence-corrected chi connectivity index (χ4v) is 2.77. The normalized spacial score (nSPS) is 22.9. The van der Waals surface area contributed by atoms with E-state index in [1.807, 2.05) is 25.1 Å². The number of anilines is 1. The van der Waals surface area contributed by atoms with Crippen molar-refractivity contribution in [2.24, 2.45) is 5.92 Å². The van der Waals surface area contributed by atoms with Crippen molar-refractivity contribution in [2.45, 2.75) is 38.6 Å². The molecule has 0 bridgehead atoms. The number of hydrogen-bond acceptors (Lipinski definition) is 3. The van der Waals surface area contributed by atoms with Gasteiger partial charge >= 0.3 is 0 Å². The van der Waals surface area contributed by atoms with Gasteiger partial charge in [0.1, 0.15) is 5.69 Å². The molecule has 1 aliphatic rings. The van der Waals surface area contributed by atoms with E-state index in [4.69, 9.17) is 0 Å². The molecule has 1 saturated carbocycles. The molecule has 1 fully saturated rings. The van der Waals surface area contributed by atoms with Crippen molar-refractivity contribution in [2.75, 3.05) is 19.4 Å². The van der Waals surface area contributed by atoms with Gasteiger partial charge in [-0.05, 0) is 30.9 Å². The Kier molecular flexibility index (Phi) is 4.40. The topological polar surface area (TPSA) is 45.2 Å². The van der Waals surface area contributed by atoms with E-state index in [0.717, 1.165) is 18.5 Å². The first-order chi connectivity index (χ1) is 9.11. The van der Waals surface area contributed by atoms with E-state index in [-0.39, 0.29) is 5.91 Å². The number of nitrogens with zero attached hydrogens (tertiary/aromatic N) is 2. The summed E-state index contributed by atoms with van der Waals surface area (Å²) in [7, 11) is 3.74. The van der Waals surface area contributed by atoms with Crippen LogP contribution in [0.5, 0.6) is 0 Å². The van der Waals surface area contributed by atoms with Gasteiger partial charge in [-0.25, -0.2) is 4.98 Å². The Bertz CT molecular complexity index is 430. The van der Waals surface area contributed by atoms with Gasteiger partial charge < -0.3 is 10.2 Å². The van der Waals surface area contributed by atoms with Crippen molar-refractivity contribution in [1.82, 2.24) is 9.88 Å². The van der Waals surface area contributed by atoms with Crippen LogP contribution in [0.2, 0.25) is 0 Å². The number of carbonyl (C=O) groups is 1. The lowest BCUT2D eigenvalue weighted by atomic mass is 9.86. The maximum atomic E-state index is 12.4. The molecule has 1 heterocycles. The molecule has 1 aliphatic carbocycles. The summed E-state index contributed by atoms with van der Waals surface area (Å²) in [4.78, 5) is 18.5. The van der Waals surface area contributed by atoms with Gasteiger partial charge in [0.05, 0.1) is 11.9 Å². The first-order valence-corrected chi connectivity index (χ1v) is 7.02. The van der Waals surface area contributed by atoms with E-state index >= 15 is 0 Å². The smallest absolute Gasteiger partial charge is 0.272 e. The van der Waals surface area contributed by atoms with Gasteiger partial charge in [0.15, 0.2) is 0 Å². The lowest BCUT2D eigenvalue weighted by molar-refractivity contribution is 0.0666. The van der Waals surface area contributed by atoms with Gasteiger partial charge in [0.2, 0.25) is 0 Å². The zero-order valence-electron chi connectivity index (χ0n) is 12.0. The molecule has 1 amide bonds. The molecular weight excluding hydrogens is 238 g/mol. The molecule has 2 atom stereocenters. The fourth-order valence-electron chi connectivity index (χ4n) is 2.77. The highest BCUT2D eigenvalue weighted by Gasteiger charge is 2.26. The van der Waals surface area contributed by atoms with Crippen LogP contribution >= 0.6 is 0 Å². The maximum absolute atomic E-state index is 12.4. The summed E-state index contributed by atoms with van der Waals surface area (Å²) in [6.07, 6.45) is 6.42. The average molecular weight is 261 g/mol. The number of hydrogen-bond donors (Lipinski definition) is 1. The molecule has 4 heteroatoms. The van der Waals surface area contributed by atoms with E-state index in [1.165, 1.54) is 12.8 Å². The number of pyridine rings is 1. The van der Waals surface area contributed by atoms with E-state index in [9.17, 15) is 4.79 Å². The lowest BCUT2D eigenvalue weighted by Crippen LogP contribution is -2.40. The largest absolute Gasteiger partial charge is 0.387 e. The minimum absolute atomic E-state index is 0.0294. The Hall–Kier alpha value is -1.58. The van der Waals surface area contributed by atoms with Gasteiger partial charge in [-0.1, -0.05) is 19.8 Å². The third-order valence-corrected chi connectivity index (χ3v) is 4.05. The molecule has 0 radical (unpaired) electrons. The third kappa shape index (κ3) is 3.25. The number of rotatable bonds is 3. The molecule has 104 valence electrons. The molecule has 0 aliphatic heterocycles. The van der Waals surface area contributed by atoms with Crippen LogP contribution in [0.3, 0.4) is 0 Å². The molecule has 2 unspecified atom stereocenters. The van der Waals surface area contributed by atoms with Crippen molar-refractivity contribution < 1.29 is 4.79 Å². The molecule has 1 aromatic heterocycles. The Balaban J connectivity index is 2.05. The molecule has 0 spiro atoms. The van der Waals surface area contributed by atoms with Gasteiger partial charge in [0, 0.05) is 20.1 Å². The summed E-state index contributed by atoms with van der Waals surface area (Å²) in [5, 5.41) is 3.00. The predicted molar refractivity (Wildman–Crippen MR) is 77.3 cm³/mol. The predicted octanol–water partition coefficient (Wildman–Crippen LogP) is 2.77. The molecule has 19 heavy (non-hydrogen) atoms. The molecular formula is C15H23N3O. The highest BCUT2D eigenvalue weighted by molar-refractivity contribution is 5.92. The van der Waals surface area contributed by atoms with Gasteiger partial charge in [-0.15, -0.1) is 0 Å². The molecule has 0 aromatic carbocycles. The van der Waals surface area contributed by atoms with Gasteiger partial charge in [-0.2, -0.15) is 0 Å². The van der Waals surface area contributed by atoms with Crippen LogP contribution in [-0.4, -0.2) is 35.9 Å². The van der Waals surface area contributed by atoms with Crippen molar-refractivity contribution in [3.05, 3.63) is 24.0 Å². The van der Waals surface area contributed by atoms with Crippen LogP contribution in [0.1, 0.15) is 43.1 Å². The van der Waals surface area contributed by atoms with E-state index in [1.54, 1.807) is 12.3 Å². The van der Waals surface area contributed by atoms with Crippen LogP contribution in [0, 0.1) is 5.92 Å². The summed E-state index contributed by atoms with van der Waals surface area (Å²) in [6, 6.07) is 4.04. The fraction of sp³-hybridized carbons (Fsp3) is 0.600. The lowest BCUT2D eigenvalue weighted by Gasteiger charge is -2.34. The molecule has 0 saturated heterocycles. The van der Waals surface area contributed by atoms with Gasteiger partial charge in [0.25, 0.3) is 5.91 Å². The average Bonchev–Trinajstić information content (AvgIpc) is 2.46. The number of aromatic nitrogens is 1. The summed E-state index contributed by atoms with van der Waals surface area (Å²) >= 11 is 0. The van der Waals surface area contributed by atoms with E-state index in [0.29, 0.717) is 17.7 Å². The molecule has 2 rings (SSSR count). The Labute approximate surface area is 115 Å². The number of carbonyl (C=O) groups excluding carboxylic acids is 1. The first kappa shape index (κ1) is 13.8.